The van der Waals surface area contributed by atoms with Crippen molar-refractivity contribution in [3.8, 4) is 6.07 Å². The molecule has 0 aromatic heterocycles. The van der Waals surface area contributed by atoms with Crippen LogP contribution in [0.2, 0.25) is 0 Å². The summed E-state index contributed by atoms with van der Waals surface area (Å²) in [7, 11) is 0. The summed E-state index contributed by atoms with van der Waals surface area (Å²) >= 11 is 4.65. The second-order valence-electron chi connectivity index (χ2n) is 3.11. The molecule has 0 heterocycles. The predicted octanol–water partition coefficient (Wildman–Crippen LogP) is 3.03. The Morgan fingerprint density at radius 2 is 2.19 bits per heavy atom. The van der Waals surface area contributed by atoms with E-state index in [2.05, 4.69) is 21.2 Å². The highest BCUT2D eigenvalue weighted by molar-refractivity contribution is 9.10. The van der Waals surface area contributed by atoms with Crippen molar-refractivity contribution in [1.82, 2.24) is 0 Å². The van der Waals surface area contributed by atoms with E-state index in [4.69, 9.17) is 5.26 Å². The fraction of sp³-hybridized carbons (Fsp3) is 0.273. The smallest absolute Gasteiger partial charge is 0.237 e. The molecule has 84 valence electrons. The number of thioether (sulfide) groups is 1. The number of anilines is 1. The molecule has 0 aliphatic heterocycles. The Bertz CT molecular complexity index is 399. The molecule has 0 aliphatic carbocycles. The van der Waals surface area contributed by atoms with Gasteiger partial charge in [-0.25, -0.2) is 0 Å². The van der Waals surface area contributed by atoms with Crippen molar-refractivity contribution in [2.75, 3.05) is 11.1 Å². The highest BCUT2D eigenvalue weighted by Crippen LogP contribution is 2.16. The predicted molar refractivity (Wildman–Crippen MR) is 70.3 cm³/mol. The van der Waals surface area contributed by atoms with Crippen LogP contribution in [0.3, 0.4) is 0 Å². The van der Waals surface area contributed by atoms with E-state index < -0.39 is 0 Å². The molecule has 0 radical (unpaired) electrons. The van der Waals surface area contributed by atoms with Crippen molar-refractivity contribution in [3.05, 3.63) is 28.7 Å². The molecule has 5 heteroatoms. The van der Waals surface area contributed by atoms with Crippen LogP contribution in [0.1, 0.15) is 6.92 Å². The highest BCUT2D eigenvalue weighted by Gasteiger charge is 2.12. The molecule has 1 atom stereocenters. The standard InChI is InChI=1S/C11H11BrN2OS/c1-8(16-7-6-13)11(15)14-10-4-2-9(12)3-5-10/h2-5,8H,7H2,1H3,(H,14,15). The van der Waals surface area contributed by atoms with Crippen molar-refractivity contribution in [2.45, 2.75) is 12.2 Å². The van der Waals surface area contributed by atoms with Gasteiger partial charge in [-0.3, -0.25) is 4.79 Å². The Morgan fingerprint density at radius 1 is 1.56 bits per heavy atom. The van der Waals surface area contributed by atoms with E-state index in [1.54, 1.807) is 6.92 Å². The maximum Gasteiger partial charge on any atom is 0.237 e. The fourth-order valence-electron chi connectivity index (χ4n) is 1.02. The summed E-state index contributed by atoms with van der Waals surface area (Å²) in [5, 5.41) is 11.0. The molecule has 0 fully saturated rings. The molecule has 0 aliphatic rings. The van der Waals surface area contributed by atoms with Gasteiger partial charge in [-0.15, -0.1) is 11.8 Å². The topological polar surface area (TPSA) is 52.9 Å². The SMILES string of the molecule is CC(SCC#N)C(=O)Nc1ccc(Br)cc1. The van der Waals surface area contributed by atoms with E-state index in [9.17, 15) is 4.79 Å². The van der Waals surface area contributed by atoms with Crippen molar-refractivity contribution < 1.29 is 4.79 Å². The first kappa shape index (κ1) is 13.1. The lowest BCUT2D eigenvalue weighted by Gasteiger charge is -2.10. The van der Waals surface area contributed by atoms with Gasteiger partial charge in [0.05, 0.1) is 17.1 Å². The zero-order chi connectivity index (χ0) is 12.0. The summed E-state index contributed by atoms with van der Waals surface area (Å²) in [6.45, 7) is 1.79. The molecule has 1 aromatic rings. The van der Waals surface area contributed by atoms with Crippen molar-refractivity contribution in [2.24, 2.45) is 0 Å². The third kappa shape index (κ3) is 4.25. The van der Waals surface area contributed by atoms with Crippen molar-refractivity contribution >= 4 is 39.3 Å². The molecule has 1 N–H and O–H groups in total. The van der Waals surface area contributed by atoms with E-state index in [1.165, 1.54) is 11.8 Å². The number of nitrogens with zero attached hydrogens (tertiary/aromatic N) is 1. The molecular weight excluding hydrogens is 288 g/mol. The maximum atomic E-state index is 11.7. The van der Waals surface area contributed by atoms with Gasteiger partial charge >= 0.3 is 0 Å². The Morgan fingerprint density at radius 3 is 2.75 bits per heavy atom. The van der Waals surface area contributed by atoms with Gasteiger partial charge in [0.1, 0.15) is 0 Å². The molecular formula is C11H11BrN2OS. The number of rotatable bonds is 4. The minimum atomic E-state index is -0.219. The molecule has 1 aromatic carbocycles. The number of hydrogen-bond donors (Lipinski definition) is 1. The average molecular weight is 299 g/mol. The highest BCUT2D eigenvalue weighted by atomic mass is 79.9. The van der Waals surface area contributed by atoms with Crippen molar-refractivity contribution in [1.29, 1.82) is 5.26 Å². The summed E-state index contributed by atoms with van der Waals surface area (Å²) < 4.78 is 0.970. The summed E-state index contributed by atoms with van der Waals surface area (Å²) in [6.07, 6.45) is 0. The van der Waals surface area contributed by atoms with Crippen LogP contribution in [0.4, 0.5) is 5.69 Å². The minimum Gasteiger partial charge on any atom is -0.325 e. The van der Waals surface area contributed by atoms with Gasteiger partial charge in [-0.2, -0.15) is 5.26 Å². The zero-order valence-corrected chi connectivity index (χ0v) is 11.1. The second kappa shape index (κ2) is 6.56. The quantitative estimate of drug-likeness (QED) is 0.929. The zero-order valence-electron chi connectivity index (χ0n) is 8.74. The largest absolute Gasteiger partial charge is 0.325 e. The summed E-state index contributed by atoms with van der Waals surface area (Å²) in [6, 6.07) is 9.38. The maximum absolute atomic E-state index is 11.7. The lowest BCUT2D eigenvalue weighted by atomic mass is 10.3. The van der Waals surface area contributed by atoms with E-state index >= 15 is 0 Å². The Balaban J connectivity index is 2.51. The molecule has 1 rings (SSSR count). The Hall–Kier alpha value is -0.990. The van der Waals surface area contributed by atoms with E-state index in [1.807, 2.05) is 30.3 Å². The van der Waals surface area contributed by atoms with Crippen LogP contribution in [0, 0.1) is 11.3 Å². The van der Waals surface area contributed by atoms with Crippen LogP contribution in [0.15, 0.2) is 28.7 Å². The van der Waals surface area contributed by atoms with E-state index in [-0.39, 0.29) is 11.2 Å². The number of carbonyl (C=O) groups excluding carboxylic acids is 1. The van der Waals surface area contributed by atoms with Gasteiger partial charge in [0.2, 0.25) is 5.91 Å². The number of carbonyl (C=O) groups is 1. The number of benzene rings is 1. The minimum absolute atomic E-state index is 0.0810. The number of halogens is 1. The summed E-state index contributed by atoms with van der Waals surface area (Å²) in [5.41, 5.74) is 0.762. The lowest BCUT2D eigenvalue weighted by Crippen LogP contribution is -2.22. The van der Waals surface area contributed by atoms with Gasteiger partial charge in [0.15, 0.2) is 0 Å². The fourth-order valence-corrected chi connectivity index (χ4v) is 1.81. The Kier molecular flexibility index (Phi) is 5.36. The molecule has 0 bridgehead atoms. The third-order valence-electron chi connectivity index (χ3n) is 1.88. The van der Waals surface area contributed by atoms with Gasteiger partial charge < -0.3 is 5.32 Å². The van der Waals surface area contributed by atoms with Crippen molar-refractivity contribution in [3.63, 3.8) is 0 Å². The first-order valence-electron chi connectivity index (χ1n) is 4.68. The van der Waals surface area contributed by atoms with E-state index in [0.717, 1.165) is 10.2 Å². The van der Waals surface area contributed by atoms with Crippen LogP contribution >= 0.6 is 27.7 Å². The van der Waals surface area contributed by atoms with Gasteiger partial charge in [-0.1, -0.05) is 15.9 Å². The summed E-state index contributed by atoms with van der Waals surface area (Å²) in [4.78, 5) is 11.7. The summed E-state index contributed by atoms with van der Waals surface area (Å²) in [5.74, 6) is 0.247. The Labute approximate surface area is 107 Å². The van der Waals surface area contributed by atoms with Crippen LogP contribution in [-0.4, -0.2) is 16.9 Å². The average Bonchev–Trinajstić information content (AvgIpc) is 2.29. The lowest BCUT2D eigenvalue weighted by molar-refractivity contribution is -0.115. The van der Waals surface area contributed by atoms with Crippen LogP contribution < -0.4 is 5.32 Å². The first-order chi connectivity index (χ1) is 7.63. The molecule has 0 saturated heterocycles. The number of nitrogens with one attached hydrogen (secondary N) is 1. The number of hydrogen-bond acceptors (Lipinski definition) is 3. The van der Waals surface area contributed by atoms with Gasteiger partial charge in [0.25, 0.3) is 0 Å². The molecule has 16 heavy (non-hydrogen) atoms. The van der Waals surface area contributed by atoms with Crippen LogP contribution in [0.25, 0.3) is 0 Å². The van der Waals surface area contributed by atoms with E-state index in [0.29, 0.717) is 5.75 Å². The number of nitriles is 1. The van der Waals surface area contributed by atoms with Gasteiger partial charge in [0, 0.05) is 10.2 Å². The number of amides is 1. The normalized spacial score (nSPS) is 11.6. The molecule has 1 unspecified atom stereocenters. The van der Waals surface area contributed by atoms with Crippen LogP contribution in [0.5, 0.6) is 0 Å². The van der Waals surface area contributed by atoms with Gasteiger partial charge in [-0.05, 0) is 31.2 Å². The molecule has 0 spiro atoms. The third-order valence-corrected chi connectivity index (χ3v) is 3.42. The second-order valence-corrected chi connectivity index (χ2v) is 5.35. The van der Waals surface area contributed by atoms with Crippen LogP contribution in [-0.2, 0) is 4.79 Å². The molecule has 3 nitrogen and oxygen atoms in total. The molecule has 0 saturated carbocycles. The molecule has 1 amide bonds. The first-order valence-corrected chi connectivity index (χ1v) is 6.52. The monoisotopic (exact) mass is 298 g/mol.